The van der Waals surface area contributed by atoms with Crippen LogP contribution in [0, 0.1) is 6.92 Å². The van der Waals surface area contributed by atoms with Gasteiger partial charge in [-0.3, -0.25) is 0 Å². The van der Waals surface area contributed by atoms with Gasteiger partial charge < -0.3 is 27.0 Å². The number of phenolic OH excluding ortho intramolecular Hbond substituents is 1. The largest absolute Gasteiger partial charge is 0.506 e. The first kappa shape index (κ1) is 11.9. The number of aromatic hydroxyl groups is 1. The molecule has 2 aromatic carbocycles. The molecule has 94 valence electrons. The second-order valence-electron chi connectivity index (χ2n) is 4.07. The van der Waals surface area contributed by atoms with Crippen molar-refractivity contribution in [2.75, 3.05) is 17.2 Å². The van der Waals surface area contributed by atoms with Crippen LogP contribution in [-0.2, 0) is 0 Å². The summed E-state index contributed by atoms with van der Waals surface area (Å²) in [6, 6.07) is 8.01. The summed E-state index contributed by atoms with van der Waals surface area (Å²) in [7, 11) is 0. The number of aryl methyl sites for hydroxylation is 1. The van der Waals surface area contributed by atoms with Gasteiger partial charge in [0.25, 0.3) is 0 Å². The molecule has 0 atom stereocenters. The molecule has 0 aliphatic rings. The Balaban J connectivity index is 2.34. The maximum Gasteiger partial charge on any atom is 0.152 e. The number of rotatable bonds is 2. The van der Waals surface area contributed by atoms with E-state index in [9.17, 15) is 5.11 Å². The molecule has 0 unspecified atom stereocenters. The smallest absolute Gasteiger partial charge is 0.152 e. The minimum absolute atomic E-state index is 0.0360. The first-order valence-electron chi connectivity index (χ1n) is 5.39. The normalized spacial score (nSPS) is 10.3. The second-order valence-corrected chi connectivity index (χ2v) is 4.07. The fourth-order valence-corrected chi connectivity index (χ4v) is 1.53. The quantitative estimate of drug-likeness (QED) is 0.479. The SMILES string of the molecule is Cc1cc(N)c(Oc2ccc(N)c(O)c2)cc1N. The van der Waals surface area contributed by atoms with Crippen molar-refractivity contribution in [2.45, 2.75) is 6.92 Å². The Bertz CT molecular complexity index is 597. The Hall–Kier alpha value is -2.56. The zero-order chi connectivity index (χ0) is 13.3. The zero-order valence-corrected chi connectivity index (χ0v) is 9.97. The lowest BCUT2D eigenvalue weighted by Gasteiger charge is -2.11. The molecule has 0 radical (unpaired) electrons. The van der Waals surface area contributed by atoms with Crippen LogP contribution in [0.4, 0.5) is 17.1 Å². The van der Waals surface area contributed by atoms with Crippen molar-refractivity contribution in [3.05, 3.63) is 35.9 Å². The standard InChI is InChI=1S/C13H15N3O2/c1-7-4-11(16)13(6-10(7)15)18-8-2-3-9(14)12(17)5-8/h2-6,17H,14-16H2,1H3. The van der Waals surface area contributed by atoms with Crippen molar-refractivity contribution in [1.29, 1.82) is 0 Å². The summed E-state index contributed by atoms with van der Waals surface area (Å²) in [6.45, 7) is 1.87. The number of hydrogen-bond donors (Lipinski definition) is 4. The van der Waals surface area contributed by atoms with Crippen LogP contribution in [0.3, 0.4) is 0 Å². The molecule has 18 heavy (non-hydrogen) atoms. The molecular weight excluding hydrogens is 230 g/mol. The van der Waals surface area contributed by atoms with Gasteiger partial charge in [0, 0.05) is 17.8 Å². The average molecular weight is 245 g/mol. The maximum absolute atomic E-state index is 9.49. The summed E-state index contributed by atoms with van der Waals surface area (Å²) in [5, 5.41) is 9.49. The van der Waals surface area contributed by atoms with E-state index in [1.807, 2.05) is 6.92 Å². The molecule has 0 saturated heterocycles. The van der Waals surface area contributed by atoms with Crippen molar-refractivity contribution in [3.8, 4) is 17.2 Å². The number of hydrogen-bond acceptors (Lipinski definition) is 5. The van der Waals surface area contributed by atoms with Crippen LogP contribution in [0.25, 0.3) is 0 Å². The topological polar surface area (TPSA) is 108 Å². The summed E-state index contributed by atoms with van der Waals surface area (Å²) in [6.07, 6.45) is 0. The number of nitrogens with two attached hydrogens (primary N) is 3. The third-order valence-corrected chi connectivity index (χ3v) is 2.63. The van der Waals surface area contributed by atoms with Crippen molar-refractivity contribution >= 4 is 17.1 Å². The van der Waals surface area contributed by atoms with Crippen LogP contribution in [0.2, 0.25) is 0 Å². The summed E-state index contributed by atoms with van der Waals surface area (Å²) >= 11 is 0. The molecule has 0 aliphatic heterocycles. The second kappa shape index (κ2) is 4.37. The van der Waals surface area contributed by atoms with E-state index in [1.54, 1.807) is 24.3 Å². The highest BCUT2D eigenvalue weighted by molar-refractivity contribution is 5.65. The summed E-state index contributed by atoms with van der Waals surface area (Å²) in [4.78, 5) is 0. The predicted octanol–water partition coefficient (Wildman–Crippen LogP) is 2.24. The Labute approximate surface area is 105 Å². The number of benzene rings is 2. The fraction of sp³-hybridized carbons (Fsp3) is 0.0769. The Morgan fingerprint density at radius 2 is 1.67 bits per heavy atom. The van der Waals surface area contributed by atoms with E-state index in [1.165, 1.54) is 6.07 Å². The Morgan fingerprint density at radius 1 is 0.944 bits per heavy atom. The van der Waals surface area contributed by atoms with Gasteiger partial charge in [-0.25, -0.2) is 0 Å². The van der Waals surface area contributed by atoms with Gasteiger partial charge >= 0.3 is 0 Å². The van der Waals surface area contributed by atoms with Gasteiger partial charge in [-0.1, -0.05) is 0 Å². The third kappa shape index (κ3) is 2.24. The van der Waals surface area contributed by atoms with Crippen LogP contribution in [0.15, 0.2) is 30.3 Å². The van der Waals surface area contributed by atoms with Gasteiger partial charge in [-0.2, -0.15) is 0 Å². The lowest BCUT2D eigenvalue weighted by molar-refractivity contribution is 0.458. The van der Waals surface area contributed by atoms with Crippen molar-refractivity contribution in [1.82, 2.24) is 0 Å². The van der Waals surface area contributed by atoms with E-state index < -0.39 is 0 Å². The molecule has 0 heterocycles. The molecular formula is C13H15N3O2. The van der Waals surface area contributed by atoms with Gasteiger partial charge in [0.05, 0.1) is 11.4 Å². The zero-order valence-electron chi connectivity index (χ0n) is 9.97. The molecule has 5 nitrogen and oxygen atoms in total. The Morgan fingerprint density at radius 3 is 2.33 bits per heavy atom. The highest BCUT2D eigenvalue weighted by Gasteiger charge is 2.07. The Kier molecular flexibility index (Phi) is 2.89. The van der Waals surface area contributed by atoms with Gasteiger partial charge in [0.2, 0.25) is 0 Å². The van der Waals surface area contributed by atoms with Crippen LogP contribution in [0.1, 0.15) is 5.56 Å². The van der Waals surface area contributed by atoms with Crippen LogP contribution >= 0.6 is 0 Å². The third-order valence-electron chi connectivity index (χ3n) is 2.63. The molecule has 2 aromatic rings. The monoisotopic (exact) mass is 245 g/mol. The van der Waals surface area contributed by atoms with Crippen molar-refractivity contribution < 1.29 is 9.84 Å². The molecule has 5 heteroatoms. The maximum atomic E-state index is 9.49. The van der Waals surface area contributed by atoms with Crippen LogP contribution in [0.5, 0.6) is 17.2 Å². The minimum atomic E-state index is -0.0360. The van der Waals surface area contributed by atoms with E-state index in [4.69, 9.17) is 21.9 Å². The van der Waals surface area contributed by atoms with E-state index in [0.29, 0.717) is 28.6 Å². The van der Waals surface area contributed by atoms with Gasteiger partial charge in [-0.15, -0.1) is 0 Å². The molecule has 0 spiro atoms. The molecule has 0 bridgehead atoms. The summed E-state index contributed by atoms with van der Waals surface area (Å²) in [5.41, 5.74) is 19.4. The minimum Gasteiger partial charge on any atom is -0.506 e. The molecule has 0 fully saturated rings. The van der Waals surface area contributed by atoms with E-state index in [-0.39, 0.29) is 5.75 Å². The molecule has 0 aromatic heterocycles. The molecule has 2 rings (SSSR count). The summed E-state index contributed by atoms with van der Waals surface area (Å²) < 4.78 is 5.56. The van der Waals surface area contributed by atoms with Crippen LogP contribution in [-0.4, -0.2) is 5.11 Å². The van der Waals surface area contributed by atoms with Gasteiger partial charge in [0.15, 0.2) is 5.75 Å². The lowest BCUT2D eigenvalue weighted by Crippen LogP contribution is -1.97. The average Bonchev–Trinajstić information content (AvgIpc) is 2.31. The highest BCUT2D eigenvalue weighted by atomic mass is 16.5. The molecule has 0 saturated carbocycles. The van der Waals surface area contributed by atoms with E-state index in [0.717, 1.165) is 5.56 Å². The number of phenols is 1. The number of ether oxygens (including phenoxy) is 1. The van der Waals surface area contributed by atoms with Gasteiger partial charge in [0.1, 0.15) is 11.5 Å². The summed E-state index contributed by atoms with van der Waals surface area (Å²) in [5.74, 6) is 0.852. The number of nitrogen functional groups attached to an aromatic ring is 3. The highest BCUT2D eigenvalue weighted by Crippen LogP contribution is 2.33. The fourth-order valence-electron chi connectivity index (χ4n) is 1.53. The van der Waals surface area contributed by atoms with Crippen molar-refractivity contribution in [3.63, 3.8) is 0 Å². The predicted molar refractivity (Wildman–Crippen MR) is 72.6 cm³/mol. The lowest BCUT2D eigenvalue weighted by atomic mass is 10.1. The number of anilines is 3. The van der Waals surface area contributed by atoms with Crippen LogP contribution < -0.4 is 21.9 Å². The molecule has 0 aliphatic carbocycles. The first-order chi connectivity index (χ1) is 8.47. The van der Waals surface area contributed by atoms with E-state index in [2.05, 4.69) is 0 Å². The molecule has 0 amide bonds. The van der Waals surface area contributed by atoms with Gasteiger partial charge in [-0.05, 0) is 30.7 Å². The van der Waals surface area contributed by atoms with E-state index >= 15 is 0 Å². The van der Waals surface area contributed by atoms with Crippen molar-refractivity contribution in [2.24, 2.45) is 0 Å². The first-order valence-corrected chi connectivity index (χ1v) is 5.39. The molecule has 7 N–H and O–H groups in total.